The van der Waals surface area contributed by atoms with E-state index in [0.717, 1.165) is 25.7 Å². The molecule has 2 amide bonds. The number of nitrogens with two attached hydrogens (primary N) is 1. The van der Waals surface area contributed by atoms with E-state index in [-0.39, 0.29) is 12.1 Å². The lowest BCUT2D eigenvalue weighted by Gasteiger charge is -2.13. The molecule has 5 N–H and O–H groups in total. The van der Waals surface area contributed by atoms with Crippen molar-refractivity contribution in [3.8, 4) is 0 Å². The SMILES string of the molecule is C[NH2+]/C=C(\C=N)c1cnc2ccc(NC(=O)NC3CCCC3)nc2c1Cl. The Bertz CT molecular complexity index is 860. The van der Waals surface area contributed by atoms with Gasteiger partial charge in [0, 0.05) is 24.0 Å². The van der Waals surface area contributed by atoms with E-state index in [1.54, 1.807) is 24.5 Å². The lowest BCUT2D eigenvalue weighted by Crippen LogP contribution is -2.72. The molecule has 136 valence electrons. The molecule has 0 bridgehead atoms. The van der Waals surface area contributed by atoms with Gasteiger partial charge in [-0.15, -0.1) is 0 Å². The summed E-state index contributed by atoms with van der Waals surface area (Å²) in [5.74, 6) is 0.413. The Labute approximate surface area is 156 Å². The number of fused-ring (bicyclic) bond motifs is 1. The van der Waals surface area contributed by atoms with Crippen LogP contribution in [0.5, 0.6) is 0 Å². The summed E-state index contributed by atoms with van der Waals surface area (Å²) in [6.07, 6.45) is 9.00. The second-order valence-electron chi connectivity index (χ2n) is 6.23. The topological polar surface area (TPSA) is 107 Å². The van der Waals surface area contributed by atoms with Crippen LogP contribution in [0.3, 0.4) is 0 Å². The van der Waals surface area contributed by atoms with Gasteiger partial charge in [-0.2, -0.15) is 0 Å². The molecule has 2 aromatic heterocycles. The van der Waals surface area contributed by atoms with Crippen molar-refractivity contribution in [3.63, 3.8) is 0 Å². The Balaban J connectivity index is 1.86. The van der Waals surface area contributed by atoms with Gasteiger partial charge in [0.2, 0.25) is 0 Å². The fourth-order valence-electron chi connectivity index (χ4n) is 3.11. The Morgan fingerprint density at radius 3 is 2.85 bits per heavy atom. The van der Waals surface area contributed by atoms with Crippen LogP contribution in [0.4, 0.5) is 10.6 Å². The van der Waals surface area contributed by atoms with Gasteiger partial charge in [-0.05, 0) is 25.0 Å². The zero-order valence-electron chi connectivity index (χ0n) is 14.6. The molecule has 0 spiro atoms. The maximum atomic E-state index is 12.1. The molecule has 0 radical (unpaired) electrons. The number of quaternary nitrogens is 1. The Morgan fingerprint density at radius 1 is 1.38 bits per heavy atom. The molecule has 0 aliphatic heterocycles. The van der Waals surface area contributed by atoms with Crippen LogP contribution in [0.2, 0.25) is 5.02 Å². The normalized spacial score (nSPS) is 15.2. The van der Waals surface area contributed by atoms with Gasteiger partial charge in [-0.3, -0.25) is 10.3 Å². The molecule has 0 saturated heterocycles. The number of nitrogens with one attached hydrogen (secondary N) is 3. The third-order valence-corrected chi connectivity index (χ3v) is 4.78. The van der Waals surface area contributed by atoms with Gasteiger partial charge in [-0.25, -0.2) is 9.78 Å². The first-order chi connectivity index (χ1) is 12.6. The Hall–Kier alpha value is -2.51. The van der Waals surface area contributed by atoms with Gasteiger partial charge in [0.25, 0.3) is 0 Å². The van der Waals surface area contributed by atoms with Gasteiger partial charge in [0.05, 0.1) is 23.2 Å². The molecule has 1 fully saturated rings. The smallest absolute Gasteiger partial charge is 0.320 e. The molecule has 0 atom stereocenters. The standard InChI is InChI=1S/C18H21ClN6O/c1-21-9-11(8-20)13-10-22-14-6-7-15(24-17(14)16(13)19)25-18(26)23-12-4-2-3-5-12/h6-10,12,20-21H,2-5H2,1H3,(H2,23,24,25,26)/p+1/b11-9+,20-8?. The van der Waals surface area contributed by atoms with Gasteiger partial charge in [0.1, 0.15) is 17.5 Å². The first-order valence-electron chi connectivity index (χ1n) is 8.65. The van der Waals surface area contributed by atoms with E-state index in [2.05, 4.69) is 20.6 Å². The second-order valence-corrected chi connectivity index (χ2v) is 6.61. The summed E-state index contributed by atoms with van der Waals surface area (Å²) < 4.78 is 0. The van der Waals surface area contributed by atoms with Crippen molar-refractivity contribution in [2.45, 2.75) is 31.7 Å². The van der Waals surface area contributed by atoms with Crippen molar-refractivity contribution in [1.29, 1.82) is 5.41 Å². The average Bonchev–Trinajstić information content (AvgIpc) is 3.13. The number of hydrogen-bond donors (Lipinski definition) is 4. The van der Waals surface area contributed by atoms with E-state index >= 15 is 0 Å². The van der Waals surface area contributed by atoms with Crippen molar-refractivity contribution >= 4 is 46.3 Å². The summed E-state index contributed by atoms with van der Waals surface area (Å²) in [6, 6.07) is 3.44. The molecular formula is C18H22ClN6O+. The minimum Gasteiger partial charge on any atom is -0.335 e. The third-order valence-electron chi connectivity index (χ3n) is 4.40. The van der Waals surface area contributed by atoms with Crippen LogP contribution >= 0.6 is 11.6 Å². The number of allylic oxidation sites excluding steroid dienone is 1. The van der Waals surface area contributed by atoms with E-state index < -0.39 is 0 Å². The van der Waals surface area contributed by atoms with Crippen molar-refractivity contribution in [1.82, 2.24) is 15.3 Å². The monoisotopic (exact) mass is 373 g/mol. The van der Waals surface area contributed by atoms with Crippen LogP contribution in [0.1, 0.15) is 31.2 Å². The molecule has 2 aromatic rings. The second kappa shape index (κ2) is 8.25. The number of hydrogen-bond acceptors (Lipinski definition) is 4. The van der Waals surface area contributed by atoms with E-state index in [4.69, 9.17) is 17.0 Å². The molecule has 0 unspecified atom stereocenters. The number of carbonyl (C=O) groups excluding carboxylic acids is 1. The van der Waals surface area contributed by atoms with E-state index in [9.17, 15) is 4.79 Å². The number of anilines is 1. The Kier molecular flexibility index (Phi) is 5.80. The number of carbonyl (C=O) groups is 1. The first-order valence-corrected chi connectivity index (χ1v) is 9.03. The summed E-state index contributed by atoms with van der Waals surface area (Å²) in [5.41, 5.74) is 2.40. The molecular weight excluding hydrogens is 352 g/mol. The average molecular weight is 374 g/mol. The fourth-order valence-corrected chi connectivity index (χ4v) is 3.41. The quantitative estimate of drug-likeness (QED) is 0.605. The number of rotatable bonds is 5. The molecule has 1 aliphatic rings. The van der Waals surface area contributed by atoms with Crippen LogP contribution in [-0.4, -0.2) is 35.3 Å². The summed E-state index contributed by atoms with van der Waals surface area (Å²) in [4.78, 5) is 21.0. The summed E-state index contributed by atoms with van der Waals surface area (Å²) >= 11 is 6.51. The van der Waals surface area contributed by atoms with Gasteiger partial charge in [0.15, 0.2) is 0 Å². The van der Waals surface area contributed by atoms with Crippen LogP contribution in [0.15, 0.2) is 24.5 Å². The van der Waals surface area contributed by atoms with Crippen molar-refractivity contribution < 1.29 is 10.1 Å². The van der Waals surface area contributed by atoms with Gasteiger partial charge < -0.3 is 16.0 Å². The number of halogens is 1. The van der Waals surface area contributed by atoms with Crippen molar-refractivity contribution in [2.75, 3.05) is 12.4 Å². The highest BCUT2D eigenvalue weighted by Crippen LogP contribution is 2.29. The van der Waals surface area contributed by atoms with Crippen LogP contribution < -0.4 is 16.0 Å². The zero-order valence-corrected chi connectivity index (χ0v) is 15.3. The molecule has 0 aromatic carbocycles. The minimum absolute atomic E-state index is 0.234. The highest BCUT2D eigenvalue weighted by atomic mass is 35.5. The number of urea groups is 1. The minimum atomic E-state index is -0.260. The molecule has 1 saturated carbocycles. The van der Waals surface area contributed by atoms with E-state index in [1.807, 2.05) is 12.4 Å². The van der Waals surface area contributed by atoms with E-state index in [1.165, 1.54) is 6.21 Å². The van der Waals surface area contributed by atoms with Crippen LogP contribution in [0, 0.1) is 5.41 Å². The third kappa shape index (κ3) is 4.00. The predicted molar refractivity (Wildman–Crippen MR) is 104 cm³/mol. The summed E-state index contributed by atoms with van der Waals surface area (Å²) in [5, 5.41) is 15.5. The number of pyridine rings is 2. The van der Waals surface area contributed by atoms with Gasteiger partial charge >= 0.3 is 6.03 Å². The molecule has 2 heterocycles. The highest BCUT2D eigenvalue weighted by Gasteiger charge is 2.18. The Morgan fingerprint density at radius 2 is 2.15 bits per heavy atom. The molecule has 7 nitrogen and oxygen atoms in total. The number of aromatic nitrogens is 2. The fraction of sp³-hybridized carbons (Fsp3) is 0.333. The van der Waals surface area contributed by atoms with E-state index in [0.29, 0.717) is 33.0 Å². The lowest BCUT2D eigenvalue weighted by atomic mass is 10.1. The van der Waals surface area contributed by atoms with Crippen LogP contribution in [0.25, 0.3) is 16.6 Å². The first kappa shape index (κ1) is 18.3. The molecule has 1 aliphatic carbocycles. The van der Waals surface area contributed by atoms with Crippen molar-refractivity contribution in [2.24, 2.45) is 0 Å². The molecule has 3 rings (SSSR count). The summed E-state index contributed by atoms with van der Waals surface area (Å²) in [6.45, 7) is 0. The zero-order chi connectivity index (χ0) is 18.5. The molecule has 26 heavy (non-hydrogen) atoms. The number of nitrogens with zero attached hydrogens (tertiary/aromatic N) is 2. The molecule has 8 heteroatoms. The van der Waals surface area contributed by atoms with Crippen LogP contribution in [-0.2, 0) is 0 Å². The predicted octanol–water partition coefficient (Wildman–Crippen LogP) is 2.53. The lowest BCUT2D eigenvalue weighted by molar-refractivity contribution is -0.555. The van der Waals surface area contributed by atoms with Gasteiger partial charge in [-0.1, -0.05) is 24.4 Å². The summed E-state index contributed by atoms with van der Waals surface area (Å²) in [7, 11) is 1.87. The maximum Gasteiger partial charge on any atom is 0.320 e. The maximum absolute atomic E-state index is 12.1. The largest absolute Gasteiger partial charge is 0.335 e. The number of amides is 2. The van der Waals surface area contributed by atoms with Crippen molar-refractivity contribution in [3.05, 3.63) is 35.1 Å². The highest BCUT2D eigenvalue weighted by molar-refractivity contribution is 6.37.